The van der Waals surface area contributed by atoms with E-state index in [9.17, 15) is 13.2 Å². The summed E-state index contributed by atoms with van der Waals surface area (Å²) >= 11 is 0. The van der Waals surface area contributed by atoms with Crippen molar-refractivity contribution < 1.29 is 13.2 Å². The van der Waals surface area contributed by atoms with Crippen LogP contribution >= 0.6 is 0 Å². The summed E-state index contributed by atoms with van der Waals surface area (Å²) in [5.41, 5.74) is 1.48. The van der Waals surface area contributed by atoms with E-state index >= 15 is 0 Å². The number of aryl methyl sites for hydroxylation is 1. The molecule has 0 aliphatic carbocycles. The fraction of sp³-hybridized carbons (Fsp3) is 0.300. The zero-order chi connectivity index (χ0) is 12.2. The minimum absolute atomic E-state index is 0.0195. The first-order valence-corrected chi connectivity index (χ1v) is 6.45. The van der Waals surface area contributed by atoms with Gasteiger partial charge in [-0.15, -0.1) is 0 Å². The van der Waals surface area contributed by atoms with Crippen molar-refractivity contribution in [3.8, 4) is 0 Å². The lowest BCUT2D eigenvalue weighted by Crippen LogP contribution is -2.31. The van der Waals surface area contributed by atoms with Crippen LogP contribution in [0, 0.1) is 6.92 Å². The number of carbonyl (C=O) groups excluding carboxylic acids is 1. The second-order valence-corrected chi connectivity index (χ2v) is 5.23. The summed E-state index contributed by atoms with van der Waals surface area (Å²) in [5.74, 6) is -0.558. The fourth-order valence-electron chi connectivity index (χ4n) is 1.20. The maximum Gasteiger partial charge on any atom is 0.251 e. The first kappa shape index (κ1) is 12.7. The van der Waals surface area contributed by atoms with Gasteiger partial charge in [-0.3, -0.25) is 4.79 Å². The quantitative estimate of drug-likeness (QED) is 0.779. The van der Waals surface area contributed by atoms with Crippen LogP contribution in [-0.4, -0.2) is 26.6 Å². The minimum Gasteiger partial charge on any atom is -0.351 e. The number of sulfonamides is 1. The highest BCUT2D eigenvalue weighted by Crippen LogP contribution is 2.03. The molecule has 0 fully saturated rings. The van der Waals surface area contributed by atoms with Gasteiger partial charge in [0.2, 0.25) is 10.0 Å². The van der Waals surface area contributed by atoms with E-state index in [0.29, 0.717) is 5.56 Å². The largest absolute Gasteiger partial charge is 0.351 e. The zero-order valence-corrected chi connectivity index (χ0v) is 9.75. The van der Waals surface area contributed by atoms with Gasteiger partial charge in [-0.2, -0.15) is 0 Å². The molecule has 5 nitrogen and oxygen atoms in total. The first-order valence-electron chi connectivity index (χ1n) is 4.74. The van der Waals surface area contributed by atoms with Gasteiger partial charge in [-0.1, -0.05) is 17.7 Å². The summed E-state index contributed by atoms with van der Waals surface area (Å²) in [4.78, 5) is 11.5. The number of rotatable bonds is 4. The van der Waals surface area contributed by atoms with E-state index in [0.717, 1.165) is 5.56 Å². The fourth-order valence-corrected chi connectivity index (χ4v) is 1.58. The van der Waals surface area contributed by atoms with Gasteiger partial charge in [-0.25, -0.2) is 13.6 Å². The van der Waals surface area contributed by atoms with E-state index < -0.39 is 10.0 Å². The molecule has 0 bridgehead atoms. The van der Waals surface area contributed by atoms with Crippen molar-refractivity contribution in [3.63, 3.8) is 0 Å². The Morgan fingerprint density at radius 1 is 1.44 bits per heavy atom. The minimum atomic E-state index is -3.52. The third-order valence-electron chi connectivity index (χ3n) is 1.95. The SMILES string of the molecule is Cc1cccc(C(=O)NCCS(N)(=O)=O)c1. The number of benzene rings is 1. The first-order chi connectivity index (χ1) is 7.38. The van der Waals surface area contributed by atoms with Crippen LogP contribution in [0.5, 0.6) is 0 Å². The third-order valence-corrected chi connectivity index (χ3v) is 2.73. The molecule has 1 aromatic carbocycles. The number of nitrogens with two attached hydrogens (primary N) is 1. The lowest BCUT2D eigenvalue weighted by Gasteiger charge is -2.04. The highest BCUT2D eigenvalue weighted by Gasteiger charge is 2.07. The molecule has 1 rings (SSSR count). The van der Waals surface area contributed by atoms with Crippen molar-refractivity contribution in [2.75, 3.05) is 12.3 Å². The van der Waals surface area contributed by atoms with Crippen molar-refractivity contribution in [1.29, 1.82) is 0 Å². The van der Waals surface area contributed by atoms with Gasteiger partial charge in [0.15, 0.2) is 0 Å². The number of carbonyl (C=O) groups is 1. The molecule has 0 unspecified atom stereocenters. The van der Waals surface area contributed by atoms with Crippen molar-refractivity contribution in [3.05, 3.63) is 35.4 Å². The Morgan fingerprint density at radius 3 is 2.69 bits per heavy atom. The van der Waals surface area contributed by atoms with Crippen molar-refractivity contribution in [1.82, 2.24) is 5.32 Å². The van der Waals surface area contributed by atoms with Crippen LogP contribution in [0.2, 0.25) is 0 Å². The molecule has 0 heterocycles. The molecule has 0 aliphatic heterocycles. The molecule has 0 atom stereocenters. The van der Waals surface area contributed by atoms with Gasteiger partial charge in [0, 0.05) is 12.1 Å². The molecule has 0 radical (unpaired) electrons. The molecule has 0 spiro atoms. The summed E-state index contributed by atoms with van der Waals surface area (Å²) in [6.07, 6.45) is 0. The number of amides is 1. The second-order valence-electron chi connectivity index (χ2n) is 3.49. The van der Waals surface area contributed by atoms with Crippen LogP contribution in [0.1, 0.15) is 15.9 Å². The lowest BCUT2D eigenvalue weighted by atomic mass is 10.1. The molecular formula is C10H14N2O3S. The number of hydrogen-bond donors (Lipinski definition) is 2. The summed E-state index contributed by atoms with van der Waals surface area (Å²) in [5, 5.41) is 7.29. The molecule has 0 saturated heterocycles. The topological polar surface area (TPSA) is 89.3 Å². The average Bonchev–Trinajstić information content (AvgIpc) is 2.15. The number of hydrogen-bond acceptors (Lipinski definition) is 3. The van der Waals surface area contributed by atoms with Gasteiger partial charge in [0.05, 0.1) is 5.75 Å². The van der Waals surface area contributed by atoms with Crippen molar-refractivity contribution in [2.24, 2.45) is 5.14 Å². The highest BCUT2D eigenvalue weighted by molar-refractivity contribution is 7.89. The monoisotopic (exact) mass is 242 g/mol. The van der Waals surface area contributed by atoms with Crippen LogP contribution in [0.4, 0.5) is 0 Å². The molecule has 88 valence electrons. The number of primary sulfonamides is 1. The molecule has 6 heteroatoms. The van der Waals surface area contributed by atoms with Crippen molar-refractivity contribution >= 4 is 15.9 Å². The smallest absolute Gasteiger partial charge is 0.251 e. The van der Waals surface area contributed by atoms with Gasteiger partial charge in [0.25, 0.3) is 5.91 Å². The lowest BCUT2D eigenvalue weighted by molar-refractivity contribution is 0.0956. The Labute approximate surface area is 94.7 Å². The highest BCUT2D eigenvalue weighted by atomic mass is 32.2. The molecule has 1 amide bonds. The summed E-state index contributed by atoms with van der Waals surface area (Å²) in [7, 11) is -3.52. The van der Waals surface area contributed by atoms with Crippen LogP contribution in [0.15, 0.2) is 24.3 Å². The van der Waals surface area contributed by atoms with E-state index in [1.807, 2.05) is 13.0 Å². The molecule has 0 saturated carbocycles. The molecule has 0 aromatic heterocycles. The van der Waals surface area contributed by atoms with Crippen molar-refractivity contribution in [2.45, 2.75) is 6.92 Å². The summed E-state index contributed by atoms with van der Waals surface area (Å²) in [6.45, 7) is 1.90. The predicted molar refractivity (Wildman–Crippen MR) is 61.5 cm³/mol. The normalized spacial score (nSPS) is 11.1. The molecular weight excluding hydrogens is 228 g/mol. The Balaban J connectivity index is 2.54. The maximum atomic E-state index is 11.5. The van der Waals surface area contributed by atoms with Crippen LogP contribution in [-0.2, 0) is 10.0 Å². The van der Waals surface area contributed by atoms with E-state index in [1.54, 1.807) is 18.2 Å². The van der Waals surface area contributed by atoms with Crippen LogP contribution < -0.4 is 10.5 Å². The Bertz CT molecular complexity index is 483. The van der Waals surface area contributed by atoms with Gasteiger partial charge >= 0.3 is 0 Å². The summed E-state index contributed by atoms with van der Waals surface area (Å²) < 4.78 is 21.3. The maximum absolute atomic E-state index is 11.5. The molecule has 16 heavy (non-hydrogen) atoms. The standard InChI is InChI=1S/C10H14N2O3S/c1-8-3-2-4-9(7-8)10(13)12-5-6-16(11,14)15/h2-4,7H,5-6H2,1H3,(H,12,13)(H2,11,14,15). The van der Waals surface area contributed by atoms with E-state index in [2.05, 4.69) is 5.32 Å². The molecule has 1 aromatic rings. The summed E-state index contributed by atoms with van der Waals surface area (Å²) in [6, 6.07) is 7.04. The zero-order valence-electron chi connectivity index (χ0n) is 8.93. The van der Waals surface area contributed by atoms with E-state index in [4.69, 9.17) is 5.14 Å². The van der Waals surface area contributed by atoms with E-state index in [-0.39, 0.29) is 18.2 Å². The van der Waals surface area contributed by atoms with E-state index in [1.165, 1.54) is 0 Å². The molecule has 0 aliphatic rings. The second kappa shape index (κ2) is 5.09. The Hall–Kier alpha value is -1.40. The molecule has 3 N–H and O–H groups in total. The van der Waals surface area contributed by atoms with Crippen LogP contribution in [0.25, 0.3) is 0 Å². The van der Waals surface area contributed by atoms with Gasteiger partial charge < -0.3 is 5.32 Å². The number of nitrogens with one attached hydrogen (secondary N) is 1. The Morgan fingerprint density at radius 2 is 2.12 bits per heavy atom. The average molecular weight is 242 g/mol. The van der Waals surface area contributed by atoms with Gasteiger partial charge in [0.1, 0.15) is 0 Å². The predicted octanol–water partition coefficient (Wildman–Crippen LogP) is 0.0133. The van der Waals surface area contributed by atoms with Crippen LogP contribution in [0.3, 0.4) is 0 Å². The third kappa shape index (κ3) is 4.41. The Kier molecular flexibility index (Phi) is 4.03. The van der Waals surface area contributed by atoms with Gasteiger partial charge in [-0.05, 0) is 19.1 Å².